The molecular formula is C28H58Cl2N2O4. The summed E-state index contributed by atoms with van der Waals surface area (Å²) in [7, 11) is 0. The molecule has 0 aromatic carbocycles. The molecule has 0 radical (unpaired) electrons. The number of halogens is 2. The molecule has 1 heterocycles. The van der Waals surface area contributed by atoms with E-state index in [4.69, 9.17) is 27.9 Å². The minimum absolute atomic E-state index is 0. The zero-order valence-electron chi connectivity index (χ0n) is 23.6. The first-order valence-corrected chi connectivity index (χ1v) is 14.9. The maximum absolute atomic E-state index is 6.68. The molecule has 1 saturated heterocycles. The van der Waals surface area contributed by atoms with Crippen molar-refractivity contribution < 1.29 is 21.2 Å². The second-order valence-corrected chi connectivity index (χ2v) is 14.0. The summed E-state index contributed by atoms with van der Waals surface area (Å²) in [5.74, 6) is 3.74. The van der Waals surface area contributed by atoms with Gasteiger partial charge in [0, 0.05) is 23.3 Å². The Morgan fingerprint density at radius 3 is 2.00 bits per heavy atom. The standard InChI is InChI=1S/C28H52Cl2N2O.3H2O/c1-20(2)27(18-32-14-12-23(13-15-32)22-7-9-25(29)10-8-22)31-17-21-6-11-26(30)24(16-21)19-33-28(3,4)5;;;/h20-27,31H,6-19H2,1-5H3;3*1H2/t21?,22?,24?,25?,26?,27-;;;/m0.../s1. The van der Waals surface area contributed by atoms with Crippen LogP contribution in [0.15, 0.2) is 0 Å². The van der Waals surface area contributed by atoms with Gasteiger partial charge in [0.25, 0.3) is 0 Å². The normalized spacial score (nSPS) is 31.2. The largest absolute Gasteiger partial charge is 0.412 e. The van der Waals surface area contributed by atoms with Gasteiger partial charge < -0.3 is 31.4 Å². The highest BCUT2D eigenvalue weighted by Gasteiger charge is 2.33. The summed E-state index contributed by atoms with van der Waals surface area (Å²) < 4.78 is 6.09. The van der Waals surface area contributed by atoms with Crippen LogP contribution in [0.25, 0.3) is 0 Å². The van der Waals surface area contributed by atoms with Gasteiger partial charge in [0.2, 0.25) is 0 Å². The lowest BCUT2D eigenvalue weighted by atomic mass is 9.75. The minimum atomic E-state index is -0.0818. The lowest BCUT2D eigenvalue weighted by Gasteiger charge is -2.40. The number of hydrogen-bond donors (Lipinski definition) is 1. The molecule has 3 unspecified atom stereocenters. The second-order valence-electron chi connectivity index (χ2n) is 12.8. The van der Waals surface area contributed by atoms with Crippen molar-refractivity contribution in [3.63, 3.8) is 0 Å². The molecule has 2 aliphatic carbocycles. The second kappa shape index (κ2) is 17.1. The van der Waals surface area contributed by atoms with Gasteiger partial charge in [0.1, 0.15) is 0 Å². The van der Waals surface area contributed by atoms with Crippen LogP contribution in [0, 0.1) is 29.6 Å². The summed E-state index contributed by atoms with van der Waals surface area (Å²) in [6.07, 6.45) is 11.5. The lowest BCUT2D eigenvalue weighted by molar-refractivity contribution is -0.0307. The Kier molecular flexibility index (Phi) is 17.3. The Labute approximate surface area is 231 Å². The van der Waals surface area contributed by atoms with Crippen LogP contribution in [0.3, 0.4) is 0 Å². The molecule has 8 heteroatoms. The van der Waals surface area contributed by atoms with Crippen molar-refractivity contribution >= 4 is 23.2 Å². The minimum Gasteiger partial charge on any atom is -0.412 e. The van der Waals surface area contributed by atoms with Crippen molar-refractivity contribution in [2.75, 3.05) is 32.8 Å². The number of piperidine rings is 1. The predicted octanol–water partition coefficient (Wildman–Crippen LogP) is 4.47. The molecule has 0 bridgehead atoms. The van der Waals surface area contributed by atoms with Gasteiger partial charge in [-0.3, -0.25) is 0 Å². The Morgan fingerprint density at radius 1 is 0.861 bits per heavy atom. The average molecular weight is 558 g/mol. The smallest absolute Gasteiger partial charge is 0.0598 e. The van der Waals surface area contributed by atoms with Crippen LogP contribution in [-0.4, -0.2) is 76.5 Å². The van der Waals surface area contributed by atoms with Crippen molar-refractivity contribution in [3.8, 4) is 0 Å². The van der Waals surface area contributed by atoms with E-state index in [-0.39, 0.29) is 27.4 Å². The summed E-state index contributed by atoms with van der Waals surface area (Å²) >= 11 is 13.0. The van der Waals surface area contributed by atoms with Gasteiger partial charge in [-0.1, -0.05) is 13.8 Å². The Hall–Kier alpha value is 0.340. The van der Waals surface area contributed by atoms with E-state index in [1.807, 2.05) is 0 Å². The van der Waals surface area contributed by atoms with Crippen LogP contribution >= 0.6 is 23.2 Å². The number of nitrogens with one attached hydrogen (secondary N) is 1. The highest BCUT2D eigenvalue weighted by molar-refractivity contribution is 6.21. The van der Waals surface area contributed by atoms with Crippen LogP contribution in [0.1, 0.15) is 92.4 Å². The quantitative estimate of drug-likeness (QED) is 0.421. The van der Waals surface area contributed by atoms with Crippen LogP contribution in [0.5, 0.6) is 0 Å². The maximum Gasteiger partial charge on any atom is 0.0598 e. The fourth-order valence-electron chi connectivity index (χ4n) is 6.30. The van der Waals surface area contributed by atoms with E-state index in [1.165, 1.54) is 71.0 Å². The molecule has 0 amide bonds. The van der Waals surface area contributed by atoms with Crippen molar-refractivity contribution in [1.29, 1.82) is 0 Å². The Balaban J connectivity index is 0.00000408. The van der Waals surface area contributed by atoms with E-state index in [9.17, 15) is 0 Å². The first-order valence-electron chi connectivity index (χ1n) is 14.0. The highest BCUT2D eigenvalue weighted by atomic mass is 35.5. The lowest BCUT2D eigenvalue weighted by Crippen LogP contribution is -2.49. The van der Waals surface area contributed by atoms with Gasteiger partial charge in [-0.2, -0.15) is 0 Å². The summed E-state index contributed by atoms with van der Waals surface area (Å²) in [4.78, 5) is 2.73. The van der Waals surface area contributed by atoms with E-state index >= 15 is 0 Å². The van der Waals surface area contributed by atoms with Crippen LogP contribution < -0.4 is 5.32 Å². The van der Waals surface area contributed by atoms with Crippen molar-refractivity contribution in [2.45, 2.75) is 115 Å². The van der Waals surface area contributed by atoms with Crippen LogP contribution in [-0.2, 0) is 4.74 Å². The molecule has 3 aliphatic rings. The van der Waals surface area contributed by atoms with Crippen molar-refractivity contribution in [3.05, 3.63) is 0 Å². The molecular weight excluding hydrogens is 499 g/mol. The number of likely N-dealkylation sites (tertiary alicyclic amines) is 1. The molecule has 0 spiro atoms. The molecule has 36 heavy (non-hydrogen) atoms. The number of rotatable bonds is 9. The van der Waals surface area contributed by atoms with E-state index in [0.717, 1.165) is 37.3 Å². The molecule has 0 aromatic rings. The molecule has 2 saturated carbocycles. The Bertz CT molecular complexity index is 562. The molecule has 0 aromatic heterocycles. The molecule has 7 N–H and O–H groups in total. The van der Waals surface area contributed by atoms with Gasteiger partial charge >= 0.3 is 0 Å². The summed E-state index contributed by atoms with van der Waals surface area (Å²) in [6.45, 7) is 16.8. The van der Waals surface area contributed by atoms with Gasteiger partial charge in [-0.25, -0.2) is 0 Å². The number of hydrogen-bond acceptors (Lipinski definition) is 3. The van der Waals surface area contributed by atoms with Gasteiger partial charge in [0.15, 0.2) is 0 Å². The third kappa shape index (κ3) is 12.0. The van der Waals surface area contributed by atoms with Crippen molar-refractivity contribution in [2.24, 2.45) is 29.6 Å². The summed E-state index contributed by atoms with van der Waals surface area (Å²) in [5, 5.41) is 4.70. The monoisotopic (exact) mass is 556 g/mol. The number of nitrogens with zero attached hydrogens (tertiary/aromatic N) is 1. The predicted molar refractivity (Wildman–Crippen MR) is 154 cm³/mol. The van der Waals surface area contributed by atoms with E-state index in [1.54, 1.807) is 0 Å². The topological polar surface area (TPSA) is 119 Å². The fourth-order valence-corrected chi connectivity index (χ4v) is 6.86. The van der Waals surface area contributed by atoms with E-state index in [2.05, 4.69) is 44.8 Å². The average Bonchev–Trinajstić information content (AvgIpc) is 2.77. The van der Waals surface area contributed by atoms with Gasteiger partial charge in [-0.05, 0) is 128 Å². The zero-order chi connectivity index (χ0) is 24.0. The van der Waals surface area contributed by atoms with Crippen LogP contribution in [0.2, 0.25) is 0 Å². The van der Waals surface area contributed by atoms with Gasteiger partial charge in [-0.15, -0.1) is 23.2 Å². The van der Waals surface area contributed by atoms with Gasteiger partial charge in [0.05, 0.1) is 12.2 Å². The third-order valence-corrected chi connectivity index (χ3v) is 9.67. The first kappa shape index (κ1) is 36.3. The first-order chi connectivity index (χ1) is 15.6. The Morgan fingerprint density at radius 2 is 1.44 bits per heavy atom. The van der Waals surface area contributed by atoms with Crippen molar-refractivity contribution in [1.82, 2.24) is 10.2 Å². The molecule has 218 valence electrons. The molecule has 4 atom stereocenters. The number of alkyl halides is 2. The highest BCUT2D eigenvalue weighted by Crippen LogP contribution is 2.37. The molecule has 1 aliphatic heterocycles. The van der Waals surface area contributed by atoms with E-state index < -0.39 is 0 Å². The molecule has 3 fully saturated rings. The zero-order valence-corrected chi connectivity index (χ0v) is 25.1. The summed E-state index contributed by atoms with van der Waals surface area (Å²) in [5.41, 5.74) is -0.0818. The molecule has 6 nitrogen and oxygen atoms in total. The third-order valence-electron chi connectivity index (χ3n) is 8.66. The summed E-state index contributed by atoms with van der Waals surface area (Å²) in [6, 6.07) is 0.575. The number of ether oxygens (including phenoxy) is 1. The fraction of sp³-hybridized carbons (Fsp3) is 1.00. The molecule has 3 rings (SSSR count). The SMILES string of the molecule is CC(C)[C@H](CN1CCC(C2CCC(Cl)CC2)CC1)NCC1CCC(Cl)C(COC(C)(C)C)C1.O.O.O. The maximum atomic E-state index is 6.68. The van der Waals surface area contributed by atoms with E-state index in [0.29, 0.717) is 23.3 Å². The van der Waals surface area contributed by atoms with Crippen LogP contribution in [0.4, 0.5) is 0 Å².